The van der Waals surface area contributed by atoms with E-state index in [0.717, 1.165) is 23.7 Å². The van der Waals surface area contributed by atoms with Crippen LogP contribution >= 0.6 is 0 Å². The Labute approximate surface area is 363 Å². The fourth-order valence-electron chi connectivity index (χ4n) is 14.0. The molecule has 4 saturated carbocycles. The van der Waals surface area contributed by atoms with Crippen molar-refractivity contribution in [3.05, 3.63) is 205 Å². The molecule has 10 aromatic carbocycles. The van der Waals surface area contributed by atoms with Gasteiger partial charge in [-0.05, 0) is 184 Å². The van der Waals surface area contributed by atoms with Crippen LogP contribution in [0.2, 0.25) is 0 Å². The molecule has 5 aliphatic rings. The van der Waals surface area contributed by atoms with Crippen molar-refractivity contribution in [3.8, 4) is 55.6 Å². The number of benzene rings is 10. The maximum atomic E-state index is 2.62. The second kappa shape index (κ2) is 13.1. The summed E-state index contributed by atoms with van der Waals surface area (Å²) in [5.74, 6) is 3.33. The van der Waals surface area contributed by atoms with Crippen molar-refractivity contribution in [2.45, 2.75) is 37.5 Å². The zero-order chi connectivity index (χ0) is 40.5. The first kappa shape index (κ1) is 34.9. The Balaban J connectivity index is 0.944. The molecule has 0 radical (unpaired) electrons. The van der Waals surface area contributed by atoms with Crippen LogP contribution in [0, 0.1) is 23.7 Å². The van der Waals surface area contributed by atoms with E-state index in [0.29, 0.717) is 0 Å². The van der Waals surface area contributed by atoms with Gasteiger partial charge in [0, 0.05) is 5.41 Å². The van der Waals surface area contributed by atoms with E-state index in [1.165, 1.54) is 131 Å². The van der Waals surface area contributed by atoms with Crippen molar-refractivity contribution in [3.63, 3.8) is 0 Å². The highest BCUT2D eigenvalue weighted by Gasteiger charge is 2.61. The Morgan fingerprint density at radius 1 is 0.306 bits per heavy atom. The molecule has 0 N–H and O–H groups in total. The molecular weight excluding hydrogens is 745 g/mol. The van der Waals surface area contributed by atoms with Crippen molar-refractivity contribution >= 4 is 43.1 Å². The monoisotopic (exact) mass is 790 g/mol. The summed E-state index contributed by atoms with van der Waals surface area (Å²) >= 11 is 0. The molecule has 0 atom stereocenters. The molecule has 4 fully saturated rings. The average Bonchev–Trinajstić information content (AvgIpc) is 3.60. The summed E-state index contributed by atoms with van der Waals surface area (Å²) in [7, 11) is 0. The van der Waals surface area contributed by atoms with Crippen molar-refractivity contribution in [1.82, 2.24) is 0 Å². The molecule has 5 aliphatic carbocycles. The van der Waals surface area contributed by atoms with Crippen molar-refractivity contribution in [2.24, 2.45) is 23.7 Å². The molecule has 0 nitrogen and oxygen atoms in total. The molecule has 0 heteroatoms. The Bertz CT molecular complexity index is 3370. The number of hydrogen-bond acceptors (Lipinski definition) is 0. The maximum Gasteiger partial charge on any atom is 0.0272 e. The van der Waals surface area contributed by atoms with Gasteiger partial charge in [-0.3, -0.25) is 0 Å². The molecule has 0 unspecified atom stereocenters. The summed E-state index contributed by atoms with van der Waals surface area (Å²) in [4.78, 5) is 0. The van der Waals surface area contributed by atoms with Gasteiger partial charge in [-0.1, -0.05) is 176 Å². The van der Waals surface area contributed by atoms with Gasteiger partial charge in [0.05, 0.1) is 0 Å². The van der Waals surface area contributed by atoms with E-state index < -0.39 is 0 Å². The van der Waals surface area contributed by atoms with Gasteiger partial charge in [0.1, 0.15) is 0 Å². The van der Waals surface area contributed by atoms with Crippen LogP contribution in [0.15, 0.2) is 194 Å². The predicted octanol–water partition coefficient (Wildman–Crippen LogP) is 16.7. The molecule has 4 bridgehead atoms. The highest BCUT2D eigenvalue weighted by Crippen LogP contribution is 2.70. The van der Waals surface area contributed by atoms with Gasteiger partial charge in [-0.25, -0.2) is 0 Å². The number of rotatable bonds is 4. The zero-order valence-electron chi connectivity index (χ0n) is 34.8. The van der Waals surface area contributed by atoms with Crippen LogP contribution in [0.25, 0.3) is 98.7 Å². The van der Waals surface area contributed by atoms with Gasteiger partial charge >= 0.3 is 0 Å². The van der Waals surface area contributed by atoms with Crippen molar-refractivity contribution in [2.75, 3.05) is 0 Å². The quantitative estimate of drug-likeness (QED) is 0.156. The summed E-state index contributed by atoms with van der Waals surface area (Å²) in [5.41, 5.74) is 16.6. The first-order valence-electron chi connectivity index (χ1n) is 23.0. The smallest absolute Gasteiger partial charge is 0.0272 e. The molecule has 0 aliphatic heterocycles. The van der Waals surface area contributed by atoms with Crippen LogP contribution in [-0.4, -0.2) is 0 Å². The fourth-order valence-corrected chi connectivity index (χ4v) is 14.0. The van der Waals surface area contributed by atoms with Crippen LogP contribution in [0.1, 0.15) is 43.2 Å². The van der Waals surface area contributed by atoms with E-state index in [4.69, 9.17) is 0 Å². The van der Waals surface area contributed by atoms with Crippen LogP contribution in [0.5, 0.6) is 0 Å². The molecule has 1 spiro atoms. The first-order chi connectivity index (χ1) is 30.7. The van der Waals surface area contributed by atoms with Crippen LogP contribution in [-0.2, 0) is 5.41 Å². The normalized spacial score (nSPS) is 21.9. The largest absolute Gasteiger partial charge is 0.0622 e. The average molecular weight is 791 g/mol. The molecule has 0 heterocycles. The van der Waals surface area contributed by atoms with E-state index >= 15 is 0 Å². The van der Waals surface area contributed by atoms with Gasteiger partial charge in [0.2, 0.25) is 0 Å². The molecule has 10 aromatic rings. The maximum absolute atomic E-state index is 2.62. The Morgan fingerprint density at radius 3 is 1.39 bits per heavy atom. The molecule has 15 rings (SSSR count). The minimum Gasteiger partial charge on any atom is -0.0622 e. The lowest BCUT2D eigenvalue weighted by molar-refractivity contribution is -0.0398. The highest BCUT2D eigenvalue weighted by atomic mass is 14.6. The SMILES string of the molecule is c1ccc(-c2cccc3cccc(-c4ccc(-c5c6ccccc6c(-c6ccc7c(c6)-c6cc8ccccc8cc6C76C7CC8CC(C7)CC6C8)c6ccccc56)cc4)c23)cc1. The van der Waals surface area contributed by atoms with Crippen LogP contribution in [0.4, 0.5) is 0 Å². The van der Waals surface area contributed by atoms with Gasteiger partial charge < -0.3 is 0 Å². The Kier molecular flexibility index (Phi) is 7.39. The molecule has 294 valence electrons. The molecule has 0 saturated heterocycles. The van der Waals surface area contributed by atoms with E-state index in [1.807, 2.05) is 0 Å². The van der Waals surface area contributed by atoms with E-state index in [-0.39, 0.29) is 5.41 Å². The van der Waals surface area contributed by atoms with Gasteiger partial charge in [0.25, 0.3) is 0 Å². The summed E-state index contributed by atoms with van der Waals surface area (Å²) in [6, 6.07) is 73.9. The topological polar surface area (TPSA) is 0 Å². The number of hydrogen-bond donors (Lipinski definition) is 0. The molecular formula is C62H46. The summed E-state index contributed by atoms with van der Waals surface area (Å²) in [6.45, 7) is 0. The fraction of sp³-hybridized carbons (Fsp3) is 0.161. The van der Waals surface area contributed by atoms with Crippen LogP contribution < -0.4 is 0 Å². The summed E-state index contributed by atoms with van der Waals surface area (Å²) < 4.78 is 0. The van der Waals surface area contributed by atoms with E-state index in [9.17, 15) is 0 Å². The van der Waals surface area contributed by atoms with Gasteiger partial charge in [-0.2, -0.15) is 0 Å². The van der Waals surface area contributed by atoms with Crippen molar-refractivity contribution < 1.29 is 0 Å². The molecule has 0 aromatic heterocycles. The first-order valence-corrected chi connectivity index (χ1v) is 23.0. The van der Waals surface area contributed by atoms with E-state index in [2.05, 4.69) is 194 Å². The van der Waals surface area contributed by atoms with E-state index in [1.54, 1.807) is 11.1 Å². The highest BCUT2D eigenvalue weighted by molar-refractivity contribution is 6.21. The van der Waals surface area contributed by atoms with Gasteiger partial charge in [0.15, 0.2) is 0 Å². The lowest BCUT2D eigenvalue weighted by Gasteiger charge is -2.61. The number of fused-ring (bicyclic) bond motifs is 7. The third-order valence-electron chi connectivity index (χ3n) is 16.2. The van der Waals surface area contributed by atoms with Crippen molar-refractivity contribution in [1.29, 1.82) is 0 Å². The standard InChI is InChI=1S/C62H46/c1-2-12-40(13-3-1)49-22-10-16-42-17-11-23-50(59(42)49)41-24-26-43(27-25-41)60-51-18-6-8-20-53(51)61(54-21-9-7-19-52(54)60)46-28-29-57-55(36-46)56-35-44-14-4-5-15-45(44)37-58(56)62(57)47-31-38-30-39(33-47)34-48(62)32-38/h1-29,35-39,47-48H,30-34H2. The summed E-state index contributed by atoms with van der Waals surface area (Å²) in [5, 5.41) is 10.5. The zero-order valence-corrected chi connectivity index (χ0v) is 34.8. The third-order valence-corrected chi connectivity index (χ3v) is 16.2. The minimum atomic E-state index is 0.135. The third kappa shape index (κ3) is 4.84. The Morgan fingerprint density at radius 2 is 0.774 bits per heavy atom. The molecule has 0 amide bonds. The second-order valence-corrected chi connectivity index (χ2v) is 19.2. The minimum absolute atomic E-state index is 0.135. The summed E-state index contributed by atoms with van der Waals surface area (Å²) in [6.07, 6.45) is 7.06. The lowest BCUT2D eigenvalue weighted by Crippen LogP contribution is -2.55. The second-order valence-electron chi connectivity index (χ2n) is 19.2. The molecule has 62 heavy (non-hydrogen) atoms. The predicted molar refractivity (Wildman–Crippen MR) is 261 cm³/mol. The van der Waals surface area contributed by atoms with Crippen LogP contribution in [0.3, 0.4) is 0 Å². The van der Waals surface area contributed by atoms with Gasteiger partial charge in [-0.15, -0.1) is 0 Å². The Hall–Kier alpha value is -6.76. The lowest BCUT2D eigenvalue weighted by atomic mass is 9.43.